The maximum atomic E-state index is 14.4. The molecule has 16 nitrogen and oxygen atoms in total. The summed E-state index contributed by atoms with van der Waals surface area (Å²) in [6.07, 6.45) is 1.77. The SMILES string of the molecule is CC(C)C(=O)O[C@@H]1/C(=C\OP(=O)(N[C@@H](C)C(=O)OCC2CCC2)Oc2ccccc2)O[C@@](C#N)(c2ccc3c(N)ncnn23)[C@@H]1OC(=O)C(C)C. The summed E-state index contributed by atoms with van der Waals surface area (Å²) >= 11 is 0. The number of hydrogen-bond acceptors (Lipinski definition) is 14. The lowest BCUT2D eigenvalue weighted by atomic mass is 9.86. The van der Waals surface area contributed by atoms with Gasteiger partial charge in [-0.25, -0.2) is 14.1 Å². The van der Waals surface area contributed by atoms with Crippen LogP contribution >= 0.6 is 7.75 Å². The van der Waals surface area contributed by atoms with Crippen molar-refractivity contribution in [2.24, 2.45) is 17.8 Å². The molecule has 2 fully saturated rings. The molecule has 3 N–H and O–H groups in total. The lowest BCUT2D eigenvalue weighted by Gasteiger charge is -2.28. The maximum Gasteiger partial charge on any atom is 0.513 e. The zero-order chi connectivity index (χ0) is 36.9. The van der Waals surface area contributed by atoms with Gasteiger partial charge in [0.1, 0.15) is 41.7 Å². The molecule has 3 aromatic rings. The first kappa shape index (κ1) is 37.1. The van der Waals surface area contributed by atoms with Gasteiger partial charge < -0.3 is 33.7 Å². The molecule has 0 amide bonds. The number of carbonyl (C=O) groups excluding carboxylic acids is 3. The van der Waals surface area contributed by atoms with Crippen LogP contribution in [0.2, 0.25) is 0 Å². The van der Waals surface area contributed by atoms with Crippen molar-refractivity contribution in [1.82, 2.24) is 19.7 Å². The Kier molecular flexibility index (Phi) is 11.2. The van der Waals surface area contributed by atoms with Gasteiger partial charge in [0.2, 0.25) is 12.2 Å². The van der Waals surface area contributed by atoms with E-state index in [1.807, 2.05) is 0 Å². The van der Waals surface area contributed by atoms with Crippen LogP contribution in [0.4, 0.5) is 5.82 Å². The number of para-hydroxylation sites is 1. The zero-order valence-electron chi connectivity index (χ0n) is 28.9. The van der Waals surface area contributed by atoms with E-state index in [0.29, 0.717) is 5.52 Å². The molecule has 5 atom stereocenters. The van der Waals surface area contributed by atoms with Crippen LogP contribution in [-0.2, 0) is 48.0 Å². The van der Waals surface area contributed by atoms with Gasteiger partial charge in [-0.1, -0.05) is 52.3 Å². The van der Waals surface area contributed by atoms with E-state index in [9.17, 15) is 24.2 Å². The minimum atomic E-state index is -4.52. The number of carbonyl (C=O) groups is 3. The predicted molar refractivity (Wildman–Crippen MR) is 180 cm³/mol. The number of aromatic nitrogens is 3. The van der Waals surface area contributed by atoms with E-state index in [1.54, 1.807) is 52.0 Å². The Morgan fingerprint density at radius 1 is 1.08 bits per heavy atom. The molecule has 2 aliphatic rings. The van der Waals surface area contributed by atoms with Gasteiger partial charge in [0.15, 0.2) is 11.6 Å². The fourth-order valence-corrected chi connectivity index (χ4v) is 6.59. The van der Waals surface area contributed by atoms with Gasteiger partial charge in [0.05, 0.1) is 18.4 Å². The average Bonchev–Trinajstić information content (AvgIpc) is 3.64. The number of nitrogens with one attached hydrogen (secondary N) is 1. The van der Waals surface area contributed by atoms with Crippen molar-refractivity contribution in [3.8, 4) is 11.8 Å². The first-order valence-electron chi connectivity index (χ1n) is 16.5. The third-order valence-corrected chi connectivity index (χ3v) is 9.90. The zero-order valence-corrected chi connectivity index (χ0v) is 29.8. The minimum absolute atomic E-state index is 0.0503. The van der Waals surface area contributed by atoms with Crippen molar-refractivity contribution in [3.05, 3.63) is 66.5 Å². The maximum absolute atomic E-state index is 14.4. The molecule has 2 aromatic heterocycles. The quantitative estimate of drug-likeness (QED) is 0.101. The number of fused-ring (bicyclic) bond motifs is 1. The van der Waals surface area contributed by atoms with E-state index < -0.39 is 61.3 Å². The van der Waals surface area contributed by atoms with Crippen molar-refractivity contribution in [3.63, 3.8) is 0 Å². The number of nitrogens with zero attached hydrogens (tertiary/aromatic N) is 4. The molecule has 1 saturated carbocycles. The largest absolute Gasteiger partial charge is 0.513 e. The lowest BCUT2D eigenvalue weighted by molar-refractivity contribution is -0.172. The Bertz CT molecular complexity index is 1870. The highest BCUT2D eigenvalue weighted by molar-refractivity contribution is 7.52. The van der Waals surface area contributed by atoms with Crippen molar-refractivity contribution < 1.29 is 46.9 Å². The first-order valence-corrected chi connectivity index (χ1v) is 18.1. The van der Waals surface area contributed by atoms with Crippen LogP contribution in [0.3, 0.4) is 0 Å². The summed E-state index contributed by atoms with van der Waals surface area (Å²) in [6, 6.07) is 12.0. The topological polar surface area (TPSA) is 216 Å². The van der Waals surface area contributed by atoms with E-state index in [2.05, 4.69) is 21.2 Å². The monoisotopic (exact) mass is 724 g/mol. The van der Waals surface area contributed by atoms with Crippen LogP contribution in [0.5, 0.6) is 5.75 Å². The number of anilines is 1. The molecule has 5 rings (SSSR count). The Morgan fingerprint density at radius 2 is 1.76 bits per heavy atom. The summed E-state index contributed by atoms with van der Waals surface area (Å²) in [7, 11) is -4.52. The summed E-state index contributed by atoms with van der Waals surface area (Å²) in [4.78, 5) is 43.1. The Hall–Kier alpha value is -5.13. The third-order valence-electron chi connectivity index (χ3n) is 8.36. The van der Waals surface area contributed by atoms with Gasteiger partial charge in [-0.15, -0.1) is 0 Å². The molecule has 3 heterocycles. The number of ether oxygens (including phenoxy) is 4. The van der Waals surface area contributed by atoms with Gasteiger partial charge in [-0.05, 0) is 49.9 Å². The number of nitrogen functional groups attached to an aromatic ring is 1. The minimum Gasteiger partial charge on any atom is -0.464 e. The molecular weight excluding hydrogens is 683 g/mol. The second-order valence-electron chi connectivity index (χ2n) is 12.9. The van der Waals surface area contributed by atoms with Crippen molar-refractivity contribution in [1.29, 1.82) is 5.26 Å². The molecule has 1 aliphatic heterocycles. The second-order valence-corrected chi connectivity index (χ2v) is 14.6. The van der Waals surface area contributed by atoms with Gasteiger partial charge in [-0.3, -0.25) is 14.4 Å². The van der Waals surface area contributed by atoms with Crippen LogP contribution in [0, 0.1) is 29.1 Å². The highest BCUT2D eigenvalue weighted by Crippen LogP contribution is 2.49. The van der Waals surface area contributed by atoms with Crippen LogP contribution in [0.15, 0.2) is 60.8 Å². The highest BCUT2D eigenvalue weighted by Gasteiger charge is 2.62. The second kappa shape index (κ2) is 15.4. The first-order chi connectivity index (χ1) is 24.3. The van der Waals surface area contributed by atoms with E-state index in [-0.39, 0.29) is 35.5 Å². The van der Waals surface area contributed by atoms with Crippen LogP contribution in [0.25, 0.3) is 5.52 Å². The highest BCUT2D eigenvalue weighted by atomic mass is 31.2. The lowest BCUT2D eigenvalue weighted by Crippen LogP contribution is -2.46. The van der Waals surface area contributed by atoms with Gasteiger partial charge in [0, 0.05) is 0 Å². The summed E-state index contributed by atoms with van der Waals surface area (Å²) < 4.78 is 50.5. The third kappa shape index (κ3) is 8.10. The van der Waals surface area contributed by atoms with Crippen molar-refractivity contribution >= 4 is 37.0 Å². The van der Waals surface area contributed by atoms with Crippen LogP contribution in [-0.4, -0.2) is 57.4 Å². The molecule has 0 spiro atoms. The van der Waals surface area contributed by atoms with Crippen LogP contribution in [0.1, 0.15) is 59.6 Å². The molecule has 1 saturated heterocycles. The standard InChI is InChI=1S/C34H41N6O10P/c1-20(2)31(41)47-28-26(17-46-51(44,50-24-12-7-6-8-13-24)39-22(5)33(43)45-16-23-10-9-11-23)49-34(18-35,29(28)48-32(42)21(3)4)27-15-14-25-30(36)37-19-38-40(25)27/h6-8,12-15,17,19-23,28-29H,9-11,16H2,1-5H3,(H,39,44)(H2,36,37,38)/b26-17+/t22-,28+,29+,34-,51?/m0/s1. The van der Waals surface area contributed by atoms with Gasteiger partial charge >= 0.3 is 25.7 Å². The number of esters is 3. The number of nitriles is 1. The smallest absolute Gasteiger partial charge is 0.464 e. The Morgan fingerprint density at radius 3 is 2.39 bits per heavy atom. The summed E-state index contributed by atoms with van der Waals surface area (Å²) in [5, 5.41) is 17.6. The summed E-state index contributed by atoms with van der Waals surface area (Å²) in [5.41, 5.74) is 4.20. The summed E-state index contributed by atoms with van der Waals surface area (Å²) in [6.45, 7) is 8.01. The number of hydrogen-bond donors (Lipinski definition) is 2. The number of nitrogens with two attached hydrogens (primary N) is 1. The Balaban J connectivity index is 1.57. The molecule has 1 aliphatic carbocycles. The molecule has 272 valence electrons. The molecule has 0 bridgehead atoms. The molecule has 1 aromatic carbocycles. The number of benzene rings is 1. The normalized spacial score (nSPS) is 22.7. The van der Waals surface area contributed by atoms with Crippen molar-refractivity contribution in [2.75, 3.05) is 12.3 Å². The fraction of sp³-hybridized carbons (Fsp3) is 0.471. The van der Waals surface area contributed by atoms with Gasteiger partial charge in [-0.2, -0.15) is 15.4 Å². The van der Waals surface area contributed by atoms with Crippen molar-refractivity contribution in [2.45, 2.75) is 77.7 Å². The van der Waals surface area contributed by atoms with Gasteiger partial charge in [0.25, 0.3) is 5.60 Å². The molecule has 51 heavy (non-hydrogen) atoms. The summed E-state index contributed by atoms with van der Waals surface area (Å²) in [5.74, 6) is -3.33. The van der Waals surface area contributed by atoms with Crippen LogP contribution < -0.4 is 15.3 Å². The number of rotatable bonds is 14. The van der Waals surface area contributed by atoms with E-state index in [0.717, 1.165) is 25.5 Å². The fourth-order valence-electron chi connectivity index (χ4n) is 5.21. The predicted octanol–water partition coefficient (Wildman–Crippen LogP) is 4.56. The average molecular weight is 725 g/mol. The molecular formula is C34H41N6O10P. The Labute approximate surface area is 294 Å². The molecule has 0 radical (unpaired) electrons. The van der Waals surface area contributed by atoms with E-state index >= 15 is 0 Å². The van der Waals surface area contributed by atoms with E-state index in [4.69, 9.17) is 33.7 Å². The molecule has 17 heteroatoms. The molecule has 1 unspecified atom stereocenters. The van der Waals surface area contributed by atoms with E-state index in [1.165, 1.54) is 36.0 Å².